The van der Waals surface area contributed by atoms with Crippen molar-refractivity contribution in [1.82, 2.24) is 20.4 Å². The van der Waals surface area contributed by atoms with Gasteiger partial charge in [-0.25, -0.2) is 9.59 Å². The number of amides is 4. The van der Waals surface area contributed by atoms with E-state index in [0.29, 0.717) is 31.3 Å². The molecule has 1 aromatic carbocycles. The van der Waals surface area contributed by atoms with Crippen molar-refractivity contribution in [1.29, 1.82) is 0 Å². The Hall–Kier alpha value is -3.32. The average Bonchev–Trinajstić information content (AvgIpc) is 3.79. The molecule has 3 aliphatic carbocycles. The number of alkyl carbamates (subject to hydrolysis) is 1. The van der Waals surface area contributed by atoms with Crippen molar-refractivity contribution >= 4 is 31.1 Å². The highest BCUT2D eigenvalue weighted by Gasteiger charge is 2.68. The molecule has 7 rings (SSSR count). The first-order chi connectivity index (χ1) is 24.7. The van der Waals surface area contributed by atoms with E-state index in [1.54, 1.807) is 4.90 Å². The zero-order valence-electron chi connectivity index (χ0n) is 33.5. The van der Waals surface area contributed by atoms with Gasteiger partial charge < -0.3 is 34.3 Å². The van der Waals surface area contributed by atoms with Crippen LogP contribution in [0.4, 0.5) is 9.59 Å². The van der Waals surface area contributed by atoms with E-state index in [-0.39, 0.29) is 42.4 Å². The number of nitrogens with zero attached hydrogens (tertiary/aromatic N) is 2. The SMILES string of the molecule is CCC[C@H](NC(=O)[C@@H]1C[C@@H](OC(=O)N2Cc3ccccc3C2)CN1C(=O)[C@@H](NC(=O)OCC(C)(C)C)C(C)(C)C)B1O[C@@H]2C[C@H]3C[C@H](C3(C)C)[C@]2(C)O1. The largest absolute Gasteiger partial charge is 0.481 e. The minimum atomic E-state index is -1.02. The molecule has 5 fully saturated rings. The lowest BCUT2D eigenvalue weighted by Gasteiger charge is -2.64. The average molecular weight is 737 g/mol. The summed E-state index contributed by atoms with van der Waals surface area (Å²) in [5, 5.41) is 6.00. The van der Waals surface area contributed by atoms with Gasteiger partial charge in [-0.2, -0.15) is 0 Å². The van der Waals surface area contributed by atoms with Gasteiger partial charge in [0.05, 0.1) is 30.8 Å². The summed E-state index contributed by atoms with van der Waals surface area (Å²) in [5.74, 6) is -0.293. The summed E-state index contributed by atoms with van der Waals surface area (Å²) in [4.78, 5) is 58.6. The minimum Gasteiger partial charge on any atom is -0.449 e. The molecule has 0 unspecified atom stereocenters. The second-order valence-corrected chi connectivity index (χ2v) is 19.2. The molecule has 8 atom stereocenters. The minimum absolute atomic E-state index is 0.00190. The van der Waals surface area contributed by atoms with Gasteiger partial charge in [0.15, 0.2) is 0 Å². The zero-order valence-corrected chi connectivity index (χ0v) is 33.5. The van der Waals surface area contributed by atoms with Gasteiger partial charge in [0, 0.05) is 19.5 Å². The van der Waals surface area contributed by atoms with Gasteiger partial charge in [0.1, 0.15) is 18.2 Å². The molecule has 1 aromatic rings. The Kier molecular flexibility index (Phi) is 10.7. The van der Waals surface area contributed by atoms with E-state index in [0.717, 1.165) is 30.4 Å². The number of rotatable bonds is 9. The molecule has 292 valence electrons. The Morgan fingerprint density at radius 2 is 1.64 bits per heavy atom. The number of benzene rings is 1. The van der Waals surface area contributed by atoms with Gasteiger partial charge in [-0.3, -0.25) is 14.5 Å². The summed E-state index contributed by atoms with van der Waals surface area (Å²) < 4.78 is 24.9. The number of carbonyl (C=O) groups excluding carboxylic acids is 4. The summed E-state index contributed by atoms with van der Waals surface area (Å²) in [6, 6.07) is 5.91. The standard InChI is InChI=1S/C40H61BN4O8/c1-11-14-31(41-52-30-18-26-17-29(39(26,8)9)40(30,10)53-41)42-33(46)28-19-27(51-36(49)44-20-24-15-12-13-16-25(24)21-44)22-45(28)34(47)32(38(5,6)7)43-35(48)50-23-37(2,3)4/h12-13,15-16,26-32H,11,14,17-23H2,1-10H3,(H,42,46)(H,43,48)/t26-,27-,28+,29-,30-,31+,32-,40+/m1/s1. The molecule has 3 heterocycles. The summed E-state index contributed by atoms with van der Waals surface area (Å²) in [6.07, 6.45) is 1.59. The molecular weight excluding hydrogens is 675 g/mol. The fraction of sp³-hybridized carbons (Fsp3) is 0.750. The van der Waals surface area contributed by atoms with Crippen LogP contribution >= 0.6 is 0 Å². The molecule has 3 saturated carbocycles. The van der Waals surface area contributed by atoms with Gasteiger partial charge in [-0.1, -0.05) is 93.0 Å². The highest BCUT2D eigenvalue weighted by molar-refractivity contribution is 6.48. The quantitative estimate of drug-likeness (QED) is 0.302. The first kappa shape index (κ1) is 39.4. The molecular formula is C40H61BN4O8. The van der Waals surface area contributed by atoms with Gasteiger partial charge in [0.2, 0.25) is 11.8 Å². The lowest BCUT2D eigenvalue weighted by atomic mass is 9.43. The summed E-state index contributed by atoms with van der Waals surface area (Å²) in [7, 11) is -0.624. The smallest absolute Gasteiger partial charge is 0.449 e. The molecule has 0 aromatic heterocycles. The zero-order chi connectivity index (χ0) is 38.7. The molecule has 2 bridgehead atoms. The molecule has 6 aliphatic rings. The van der Waals surface area contributed by atoms with Crippen LogP contribution in [-0.4, -0.2) is 89.9 Å². The topological polar surface area (TPSA) is 136 Å². The number of fused-ring (bicyclic) bond motifs is 1. The Morgan fingerprint density at radius 3 is 2.23 bits per heavy atom. The van der Waals surface area contributed by atoms with Gasteiger partial charge in [-0.15, -0.1) is 0 Å². The molecule has 0 radical (unpaired) electrons. The normalized spacial score (nSPS) is 29.8. The lowest BCUT2D eigenvalue weighted by Crippen LogP contribution is -2.65. The van der Waals surface area contributed by atoms with Crippen molar-refractivity contribution in [3.05, 3.63) is 35.4 Å². The van der Waals surface area contributed by atoms with Crippen molar-refractivity contribution in [3.63, 3.8) is 0 Å². The third kappa shape index (κ3) is 7.93. The second-order valence-electron chi connectivity index (χ2n) is 19.2. The molecule has 2 saturated heterocycles. The Bertz CT molecular complexity index is 1550. The van der Waals surface area contributed by atoms with Crippen LogP contribution in [0.25, 0.3) is 0 Å². The van der Waals surface area contributed by atoms with Crippen LogP contribution in [0.15, 0.2) is 24.3 Å². The Balaban J connectivity index is 1.20. The van der Waals surface area contributed by atoms with Gasteiger partial charge >= 0.3 is 19.3 Å². The van der Waals surface area contributed by atoms with E-state index in [1.165, 1.54) is 4.90 Å². The van der Waals surface area contributed by atoms with Crippen LogP contribution in [0.3, 0.4) is 0 Å². The van der Waals surface area contributed by atoms with E-state index in [1.807, 2.05) is 65.8 Å². The van der Waals surface area contributed by atoms with Crippen LogP contribution in [0.2, 0.25) is 0 Å². The van der Waals surface area contributed by atoms with Crippen molar-refractivity contribution < 1.29 is 38.0 Å². The van der Waals surface area contributed by atoms with Gasteiger partial charge in [-0.05, 0) is 65.4 Å². The molecule has 2 N–H and O–H groups in total. The van der Waals surface area contributed by atoms with E-state index in [2.05, 4.69) is 38.3 Å². The van der Waals surface area contributed by atoms with Crippen LogP contribution in [0.1, 0.15) is 112 Å². The maximum absolute atomic E-state index is 14.5. The third-order valence-electron chi connectivity index (χ3n) is 12.5. The van der Waals surface area contributed by atoms with Crippen molar-refractivity contribution in [2.45, 2.75) is 150 Å². The van der Waals surface area contributed by atoms with Crippen LogP contribution < -0.4 is 10.6 Å². The highest BCUT2D eigenvalue weighted by Crippen LogP contribution is 2.65. The van der Waals surface area contributed by atoms with E-state index < -0.39 is 60.4 Å². The van der Waals surface area contributed by atoms with E-state index in [9.17, 15) is 19.2 Å². The van der Waals surface area contributed by atoms with Crippen LogP contribution in [0.5, 0.6) is 0 Å². The lowest BCUT2D eigenvalue weighted by molar-refractivity contribution is -0.199. The molecule has 12 nitrogen and oxygen atoms in total. The second kappa shape index (κ2) is 14.4. The van der Waals surface area contributed by atoms with Gasteiger partial charge in [0.25, 0.3) is 0 Å². The number of ether oxygens (including phenoxy) is 2. The van der Waals surface area contributed by atoms with Crippen molar-refractivity contribution in [2.75, 3.05) is 13.2 Å². The molecule has 13 heteroatoms. The highest BCUT2D eigenvalue weighted by atomic mass is 16.7. The third-order valence-corrected chi connectivity index (χ3v) is 12.5. The molecule has 3 aliphatic heterocycles. The fourth-order valence-corrected chi connectivity index (χ4v) is 9.25. The number of likely N-dealkylation sites (tertiary alicyclic amines) is 1. The number of nitrogens with one attached hydrogen (secondary N) is 2. The Morgan fingerprint density at radius 1 is 0.981 bits per heavy atom. The number of carbonyl (C=O) groups is 4. The predicted octanol–water partition coefficient (Wildman–Crippen LogP) is 5.85. The number of hydrogen-bond donors (Lipinski definition) is 2. The summed E-state index contributed by atoms with van der Waals surface area (Å²) in [5.41, 5.74) is 0.879. The van der Waals surface area contributed by atoms with E-state index >= 15 is 0 Å². The first-order valence-corrected chi connectivity index (χ1v) is 19.6. The van der Waals surface area contributed by atoms with Crippen molar-refractivity contribution in [3.8, 4) is 0 Å². The van der Waals surface area contributed by atoms with E-state index in [4.69, 9.17) is 18.8 Å². The van der Waals surface area contributed by atoms with Crippen molar-refractivity contribution in [2.24, 2.45) is 28.1 Å². The Labute approximate surface area is 315 Å². The summed E-state index contributed by atoms with van der Waals surface area (Å²) >= 11 is 0. The number of hydrogen-bond acceptors (Lipinski definition) is 8. The fourth-order valence-electron chi connectivity index (χ4n) is 9.25. The first-order valence-electron chi connectivity index (χ1n) is 19.6. The molecule has 0 spiro atoms. The summed E-state index contributed by atoms with van der Waals surface area (Å²) in [6.45, 7) is 21.3. The monoisotopic (exact) mass is 736 g/mol. The molecule has 4 amide bonds. The predicted molar refractivity (Wildman–Crippen MR) is 200 cm³/mol. The molecule has 53 heavy (non-hydrogen) atoms. The van der Waals surface area contributed by atoms with Crippen LogP contribution in [-0.2, 0) is 41.5 Å². The maximum Gasteiger partial charge on any atom is 0.481 e. The maximum atomic E-state index is 14.5. The van der Waals surface area contributed by atoms with Crippen LogP contribution in [0, 0.1) is 28.1 Å².